The molecule has 19 nitrogen and oxygen atoms in total. The van der Waals surface area contributed by atoms with Crippen LogP contribution in [0.4, 0.5) is 10.2 Å². The van der Waals surface area contributed by atoms with Crippen LogP contribution >= 0.6 is 16.1 Å². The van der Waals surface area contributed by atoms with Crippen molar-refractivity contribution < 1.29 is 46.4 Å². The normalized spacial score (nSPS) is 39.4. The standard InChI is InChI=1S/C23H28FN9O10P2/c1-9-14(32-7-30-12-18(25)26-5-27-19(12)32)15(34)17-23(9,2)4-40-45(37,38)43-16-10(3-39-44(36)42-17)41-22(11(16)24)33-8-31-13-20(33)28-6-29-21(13)35/h5-11,14-17,22,34,44H,3-4H2,1-2H3,(H,37,38)(H2,25,26,27)(H,28,29,35). The average Bonchev–Trinajstić information content (AvgIpc) is 3.73. The first-order chi connectivity index (χ1) is 21.4. The van der Waals surface area contributed by atoms with Crippen molar-refractivity contribution in [2.45, 2.75) is 56.7 Å². The van der Waals surface area contributed by atoms with Crippen molar-refractivity contribution in [3.05, 3.63) is 35.7 Å². The Hall–Kier alpha value is -3.19. The van der Waals surface area contributed by atoms with Crippen molar-refractivity contribution in [1.82, 2.24) is 39.0 Å². The summed E-state index contributed by atoms with van der Waals surface area (Å²) < 4.78 is 72.8. The van der Waals surface area contributed by atoms with Crippen LogP contribution in [0, 0.1) is 11.3 Å². The molecule has 6 heterocycles. The highest BCUT2D eigenvalue weighted by Crippen LogP contribution is 2.57. The third-order valence-electron chi connectivity index (χ3n) is 8.86. The molecule has 7 rings (SSSR count). The fourth-order valence-electron chi connectivity index (χ4n) is 6.35. The van der Waals surface area contributed by atoms with E-state index in [-0.39, 0.29) is 17.0 Å². The van der Waals surface area contributed by atoms with Crippen LogP contribution in [-0.2, 0) is 32.0 Å². The van der Waals surface area contributed by atoms with E-state index >= 15 is 4.39 Å². The number of fused-ring (bicyclic) bond motifs is 4. The molecule has 0 amide bonds. The highest BCUT2D eigenvalue weighted by atomic mass is 31.2. The predicted octanol–water partition coefficient (Wildman–Crippen LogP) is 0.642. The minimum atomic E-state index is -5.02. The fraction of sp³-hybridized carbons (Fsp3) is 0.565. The van der Waals surface area contributed by atoms with E-state index < -0.39 is 89.0 Å². The summed E-state index contributed by atoms with van der Waals surface area (Å²) in [6, 6.07) is -0.800. The van der Waals surface area contributed by atoms with Crippen LogP contribution in [0.2, 0.25) is 0 Å². The van der Waals surface area contributed by atoms with Crippen molar-refractivity contribution in [3.63, 3.8) is 0 Å². The minimum Gasteiger partial charge on any atom is -0.388 e. The van der Waals surface area contributed by atoms with Gasteiger partial charge < -0.3 is 39.1 Å². The van der Waals surface area contributed by atoms with E-state index in [4.69, 9.17) is 28.6 Å². The Kier molecular flexibility index (Phi) is 7.42. The number of ether oxygens (including phenoxy) is 1. The van der Waals surface area contributed by atoms with Crippen molar-refractivity contribution in [2.24, 2.45) is 11.3 Å². The third-order valence-corrected chi connectivity index (χ3v) is 10.7. The summed E-state index contributed by atoms with van der Waals surface area (Å²) >= 11 is 0. The van der Waals surface area contributed by atoms with Crippen molar-refractivity contribution >= 4 is 44.2 Å². The lowest BCUT2D eigenvalue weighted by atomic mass is 9.79. The summed E-state index contributed by atoms with van der Waals surface area (Å²) in [5.41, 5.74) is 4.60. The number of aromatic nitrogens is 8. The van der Waals surface area contributed by atoms with Crippen LogP contribution in [0.5, 0.6) is 0 Å². The molecule has 22 heteroatoms. The smallest absolute Gasteiger partial charge is 0.388 e. The molecule has 11 atom stereocenters. The summed E-state index contributed by atoms with van der Waals surface area (Å²) in [6.07, 6.45) is -4.48. The molecule has 3 aliphatic rings. The van der Waals surface area contributed by atoms with Crippen LogP contribution in [-0.4, -0.2) is 92.8 Å². The Morgan fingerprint density at radius 2 is 1.91 bits per heavy atom. The first-order valence-corrected chi connectivity index (χ1v) is 16.4. The second kappa shape index (κ2) is 11.0. The van der Waals surface area contributed by atoms with E-state index in [0.29, 0.717) is 11.2 Å². The molecule has 4 aromatic rings. The Balaban J connectivity index is 1.19. The third kappa shape index (κ3) is 4.92. The number of aliphatic hydroxyl groups excluding tert-OH is 1. The van der Waals surface area contributed by atoms with Crippen LogP contribution in [0.15, 0.2) is 30.1 Å². The maximum absolute atomic E-state index is 15.9. The van der Waals surface area contributed by atoms with E-state index in [2.05, 4.69) is 29.9 Å². The molecular formula is C23H28FN9O10P2. The molecule has 11 unspecified atom stereocenters. The Morgan fingerprint density at radius 3 is 2.71 bits per heavy atom. The van der Waals surface area contributed by atoms with Gasteiger partial charge in [0.1, 0.15) is 36.3 Å². The zero-order valence-electron chi connectivity index (χ0n) is 23.5. The molecule has 3 fully saturated rings. The number of phosphoric ester groups is 1. The maximum atomic E-state index is 15.9. The number of imidazole rings is 2. The van der Waals surface area contributed by atoms with Crippen LogP contribution in [0.1, 0.15) is 26.1 Å². The monoisotopic (exact) mass is 671 g/mol. The SMILES string of the molecule is CC1C(n2cnc3c(N)ncnc32)C(O)C2O[PH](=O)OCC3OC(n4cnc5c(=O)[nH]cnc54)C(F)C3OP(=O)(O)OCC12C. The summed E-state index contributed by atoms with van der Waals surface area (Å²) in [5, 5.41) is 11.5. The number of hydrogen-bond acceptors (Lipinski definition) is 15. The molecule has 1 saturated carbocycles. The van der Waals surface area contributed by atoms with Gasteiger partial charge in [0.15, 0.2) is 35.0 Å². The lowest BCUT2D eigenvalue weighted by molar-refractivity contribution is -0.0635. The van der Waals surface area contributed by atoms with Gasteiger partial charge in [-0.2, -0.15) is 0 Å². The number of phosphoric acid groups is 1. The van der Waals surface area contributed by atoms with Gasteiger partial charge in [-0.15, -0.1) is 0 Å². The van der Waals surface area contributed by atoms with Gasteiger partial charge >= 0.3 is 16.1 Å². The quantitative estimate of drug-likeness (QED) is 0.213. The number of H-pyrrole nitrogens is 1. The van der Waals surface area contributed by atoms with Gasteiger partial charge in [-0.1, -0.05) is 13.8 Å². The van der Waals surface area contributed by atoms with Crippen LogP contribution in [0.25, 0.3) is 22.3 Å². The van der Waals surface area contributed by atoms with Gasteiger partial charge in [0.25, 0.3) is 5.56 Å². The predicted molar refractivity (Wildman–Crippen MR) is 149 cm³/mol. The summed E-state index contributed by atoms with van der Waals surface area (Å²) in [7, 11) is -8.42. The molecule has 45 heavy (non-hydrogen) atoms. The summed E-state index contributed by atoms with van der Waals surface area (Å²) in [4.78, 5) is 45.6. The number of nitrogen functional groups attached to an aromatic ring is 1. The molecule has 2 aliphatic heterocycles. The van der Waals surface area contributed by atoms with Crippen LogP contribution in [0.3, 0.4) is 0 Å². The molecule has 0 bridgehead atoms. The molecule has 4 aromatic heterocycles. The van der Waals surface area contributed by atoms with Gasteiger partial charge in [-0.3, -0.25) is 23.0 Å². The molecule has 242 valence electrons. The first kappa shape index (κ1) is 30.5. The van der Waals surface area contributed by atoms with E-state index in [1.807, 2.05) is 0 Å². The van der Waals surface area contributed by atoms with Gasteiger partial charge in [-0.25, -0.2) is 33.9 Å². The topological polar surface area (TPSA) is 254 Å². The number of nitrogens with zero attached hydrogens (tertiary/aromatic N) is 7. The minimum absolute atomic E-state index is 0.0110. The Labute approximate surface area is 252 Å². The molecule has 5 N–H and O–H groups in total. The number of nitrogens with one attached hydrogen (secondary N) is 1. The van der Waals surface area contributed by atoms with Gasteiger partial charge in [-0.05, 0) is 5.92 Å². The number of anilines is 1. The maximum Gasteiger partial charge on any atom is 0.472 e. The van der Waals surface area contributed by atoms with Gasteiger partial charge in [0, 0.05) is 5.41 Å². The largest absolute Gasteiger partial charge is 0.472 e. The first-order valence-electron chi connectivity index (χ1n) is 13.7. The highest BCUT2D eigenvalue weighted by molar-refractivity contribution is 7.47. The molecule has 0 aromatic carbocycles. The highest BCUT2D eigenvalue weighted by Gasteiger charge is 2.60. The van der Waals surface area contributed by atoms with Gasteiger partial charge in [0.2, 0.25) is 0 Å². The number of rotatable bonds is 2. The molecule has 0 radical (unpaired) electrons. The Bertz CT molecular complexity index is 1910. The second-order valence-corrected chi connectivity index (χ2v) is 13.8. The molecule has 1 aliphatic carbocycles. The van der Waals surface area contributed by atoms with E-state index in [1.54, 1.807) is 18.4 Å². The summed E-state index contributed by atoms with van der Waals surface area (Å²) in [5.74, 6) is -0.463. The number of nitrogens with two attached hydrogens (primary N) is 1. The van der Waals surface area contributed by atoms with E-state index in [1.165, 1.54) is 12.7 Å². The van der Waals surface area contributed by atoms with E-state index in [0.717, 1.165) is 17.2 Å². The average molecular weight is 671 g/mol. The van der Waals surface area contributed by atoms with Crippen molar-refractivity contribution in [3.8, 4) is 0 Å². The zero-order valence-corrected chi connectivity index (χ0v) is 25.4. The number of aromatic amines is 1. The zero-order chi connectivity index (χ0) is 31.8. The van der Waals surface area contributed by atoms with Crippen molar-refractivity contribution in [1.29, 1.82) is 0 Å². The number of halogens is 1. The van der Waals surface area contributed by atoms with Crippen molar-refractivity contribution in [2.75, 3.05) is 18.9 Å². The molecule has 0 spiro atoms. The Morgan fingerprint density at radius 1 is 1.18 bits per heavy atom. The number of alkyl halides is 1. The fourth-order valence-corrected chi connectivity index (χ4v) is 8.39. The molecular weight excluding hydrogens is 643 g/mol. The van der Waals surface area contributed by atoms with Gasteiger partial charge in [0.05, 0.1) is 38.2 Å². The number of aliphatic hydroxyl groups is 1. The summed E-state index contributed by atoms with van der Waals surface area (Å²) in [6.45, 7) is 2.21. The van der Waals surface area contributed by atoms with E-state index in [9.17, 15) is 23.9 Å². The van der Waals surface area contributed by atoms with Crippen LogP contribution < -0.4 is 11.3 Å². The lowest BCUT2D eigenvalue weighted by Crippen LogP contribution is -2.41. The lowest BCUT2D eigenvalue weighted by Gasteiger charge is -2.36. The second-order valence-electron chi connectivity index (χ2n) is 11.3. The number of hydrogen-bond donors (Lipinski definition) is 4. The molecule has 2 saturated heterocycles.